The molecule has 0 aliphatic carbocycles. The molecule has 0 aliphatic heterocycles. The molecule has 0 radical (unpaired) electrons. The van der Waals surface area contributed by atoms with Gasteiger partial charge in [-0.05, 0) is 50.2 Å². The number of methoxy groups -OCH3 is 1. The van der Waals surface area contributed by atoms with Crippen molar-refractivity contribution in [2.75, 3.05) is 26.5 Å². The molecule has 0 bridgehead atoms. The molecule has 41 heavy (non-hydrogen) atoms. The highest BCUT2D eigenvalue weighted by molar-refractivity contribution is 7.22. The number of likely N-dealkylation sites (N-methyl/N-ethyl adjacent to an activating group) is 1. The van der Waals surface area contributed by atoms with Crippen LogP contribution < -0.4 is 16.4 Å². The van der Waals surface area contributed by atoms with Gasteiger partial charge in [-0.25, -0.2) is 14.8 Å². The minimum atomic E-state index is -4.43. The van der Waals surface area contributed by atoms with Crippen LogP contribution in [0.5, 0.6) is 0 Å². The molecule has 2 atom stereocenters. The molecule has 0 unspecified atom stereocenters. The Morgan fingerprint density at radius 1 is 1.07 bits per heavy atom. The maximum Gasteiger partial charge on any atom is 0.416 e. The first kappa shape index (κ1) is 31.3. The van der Waals surface area contributed by atoms with Crippen LogP contribution in [0, 0.1) is 0 Å². The van der Waals surface area contributed by atoms with E-state index in [1.807, 2.05) is 0 Å². The number of rotatable bonds is 6. The number of benzene rings is 2. The van der Waals surface area contributed by atoms with E-state index >= 15 is 0 Å². The van der Waals surface area contributed by atoms with E-state index in [1.54, 1.807) is 50.8 Å². The summed E-state index contributed by atoms with van der Waals surface area (Å²) in [6, 6.07) is 7.09. The van der Waals surface area contributed by atoms with Gasteiger partial charge < -0.3 is 30.6 Å². The summed E-state index contributed by atoms with van der Waals surface area (Å²) in [5, 5.41) is 5.96. The highest BCUT2D eigenvalue weighted by atomic mass is 32.1. The zero-order valence-corrected chi connectivity index (χ0v) is 24.0. The summed E-state index contributed by atoms with van der Waals surface area (Å²) in [4.78, 5) is 44.9. The first-order valence-electron chi connectivity index (χ1n) is 12.2. The first-order chi connectivity index (χ1) is 19.1. The molecular formula is C26H30F3N7O4S. The molecule has 2 aromatic heterocycles. The van der Waals surface area contributed by atoms with Gasteiger partial charge in [-0.3, -0.25) is 9.59 Å². The van der Waals surface area contributed by atoms with Gasteiger partial charge in [-0.2, -0.15) is 13.2 Å². The summed E-state index contributed by atoms with van der Waals surface area (Å²) in [6.45, 7) is 3.18. The van der Waals surface area contributed by atoms with Crippen LogP contribution in [0.1, 0.15) is 29.8 Å². The average molecular weight is 594 g/mol. The van der Waals surface area contributed by atoms with Crippen molar-refractivity contribution in [1.82, 2.24) is 24.8 Å². The minimum Gasteiger partial charge on any atom is -0.467 e. The number of nitrogens with one attached hydrogen (secondary N) is 2. The SMILES string of the molecule is COC(=O)[C@H](C)NC(=O)c1ccc2c(c1)nc(Nc1nc3ccc(C(F)(F)F)cc3s1)n2C.C[C@H](N)C(=O)N(C)C. The summed E-state index contributed by atoms with van der Waals surface area (Å²) in [5.74, 6) is -0.654. The van der Waals surface area contributed by atoms with E-state index in [4.69, 9.17) is 5.73 Å². The van der Waals surface area contributed by atoms with Crippen LogP contribution in [0.25, 0.3) is 21.3 Å². The number of aryl methyl sites for hydroxylation is 1. The van der Waals surface area contributed by atoms with Gasteiger partial charge in [-0.15, -0.1) is 0 Å². The number of imidazole rings is 1. The number of fused-ring (bicyclic) bond motifs is 2. The van der Waals surface area contributed by atoms with Crippen LogP contribution in [-0.2, 0) is 27.5 Å². The molecule has 2 aromatic carbocycles. The Balaban J connectivity index is 0.000000507. The molecule has 4 rings (SSSR count). The number of hydrogen-bond donors (Lipinski definition) is 3. The Morgan fingerprint density at radius 3 is 2.32 bits per heavy atom. The Kier molecular flexibility index (Phi) is 9.55. The van der Waals surface area contributed by atoms with Gasteiger partial charge in [0.25, 0.3) is 5.91 Å². The van der Waals surface area contributed by atoms with Gasteiger partial charge in [0.2, 0.25) is 11.9 Å². The fourth-order valence-corrected chi connectivity index (χ4v) is 4.52. The van der Waals surface area contributed by atoms with Crippen molar-refractivity contribution in [3.05, 3.63) is 47.5 Å². The van der Waals surface area contributed by atoms with E-state index in [2.05, 4.69) is 25.3 Å². The summed E-state index contributed by atoms with van der Waals surface area (Å²) >= 11 is 1.08. The molecule has 0 saturated heterocycles. The number of ether oxygens (including phenoxy) is 1. The summed E-state index contributed by atoms with van der Waals surface area (Å²) in [7, 11) is 6.36. The first-order valence-corrected chi connectivity index (χ1v) is 13.0. The van der Waals surface area contributed by atoms with E-state index in [9.17, 15) is 27.6 Å². The largest absolute Gasteiger partial charge is 0.467 e. The average Bonchev–Trinajstić information content (AvgIpc) is 3.46. The smallest absolute Gasteiger partial charge is 0.416 e. The summed E-state index contributed by atoms with van der Waals surface area (Å²) in [5.41, 5.74) is 6.49. The van der Waals surface area contributed by atoms with Gasteiger partial charge in [0.05, 0.1) is 40.0 Å². The third kappa shape index (κ3) is 7.49. The van der Waals surface area contributed by atoms with Gasteiger partial charge in [0.1, 0.15) is 6.04 Å². The second kappa shape index (κ2) is 12.5. The van der Waals surface area contributed by atoms with E-state index in [-0.39, 0.29) is 11.9 Å². The second-order valence-electron chi connectivity index (χ2n) is 9.26. The van der Waals surface area contributed by atoms with Gasteiger partial charge in [-0.1, -0.05) is 11.3 Å². The van der Waals surface area contributed by atoms with Crippen LogP contribution in [0.4, 0.5) is 24.3 Å². The predicted molar refractivity (Wildman–Crippen MR) is 150 cm³/mol. The highest BCUT2D eigenvalue weighted by Crippen LogP contribution is 2.35. The number of alkyl halides is 3. The number of nitrogens with two attached hydrogens (primary N) is 1. The van der Waals surface area contributed by atoms with Crippen molar-refractivity contribution in [2.24, 2.45) is 12.8 Å². The van der Waals surface area contributed by atoms with Crippen LogP contribution >= 0.6 is 11.3 Å². The van der Waals surface area contributed by atoms with Crippen molar-refractivity contribution in [3.8, 4) is 0 Å². The lowest BCUT2D eigenvalue weighted by molar-refractivity contribution is -0.142. The number of hydrogen-bond acceptors (Lipinski definition) is 9. The number of halogens is 3. The number of aromatic nitrogens is 3. The van der Waals surface area contributed by atoms with Crippen LogP contribution in [0.2, 0.25) is 0 Å². The normalized spacial score (nSPS) is 12.7. The lowest BCUT2D eigenvalue weighted by Crippen LogP contribution is -2.39. The van der Waals surface area contributed by atoms with E-state index < -0.39 is 29.7 Å². The van der Waals surface area contributed by atoms with Gasteiger partial charge in [0.15, 0.2) is 5.13 Å². The molecule has 15 heteroatoms. The van der Waals surface area contributed by atoms with Crippen molar-refractivity contribution in [2.45, 2.75) is 32.1 Å². The summed E-state index contributed by atoms with van der Waals surface area (Å²) in [6.07, 6.45) is -4.43. The fourth-order valence-electron chi connectivity index (χ4n) is 3.63. The van der Waals surface area contributed by atoms with Crippen LogP contribution in [0.15, 0.2) is 36.4 Å². The molecule has 0 spiro atoms. The number of amides is 2. The molecule has 2 amide bonds. The highest BCUT2D eigenvalue weighted by Gasteiger charge is 2.30. The molecule has 220 valence electrons. The van der Waals surface area contributed by atoms with Crippen molar-refractivity contribution >= 4 is 61.5 Å². The summed E-state index contributed by atoms with van der Waals surface area (Å²) < 4.78 is 45.6. The molecule has 0 fully saturated rings. The van der Waals surface area contributed by atoms with E-state index in [1.165, 1.54) is 25.0 Å². The topological polar surface area (TPSA) is 144 Å². The molecule has 2 heterocycles. The Morgan fingerprint density at radius 2 is 1.76 bits per heavy atom. The quantitative estimate of drug-likeness (QED) is 0.288. The molecule has 4 aromatic rings. The maximum absolute atomic E-state index is 13.0. The molecule has 0 saturated carbocycles. The molecule has 11 nitrogen and oxygen atoms in total. The monoisotopic (exact) mass is 593 g/mol. The van der Waals surface area contributed by atoms with Crippen molar-refractivity contribution in [1.29, 1.82) is 0 Å². The minimum absolute atomic E-state index is 0.0370. The Hall–Kier alpha value is -4.24. The Bertz CT molecular complexity index is 1570. The molecular weight excluding hydrogens is 563 g/mol. The van der Waals surface area contributed by atoms with Crippen LogP contribution in [0.3, 0.4) is 0 Å². The standard InChI is InChI=1S/C21H18F3N5O3S.C5H12N2O/c1-10(18(31)32-3)25-17(30)11-4-7-15-14(8-11)26-19(29(15)2)28-20-27-13-6-5-12(21(22,23)24)9-16(13)33-20;1-4(6)5(8)7(2)3/h4-10H,1-3H3,(H,25,30)(H,26,27,28);4H,6H2,1-3H3/t10-;4-/m00/s1. The lowest BCUT2D eigenvalue weighted by atomic mass is 10.1. The second-order valence-corrected chi connectivity index (χ2v) is 10.3. The third-order valence-corrected chi connectivity index (χ3v) is 6.74. The number of thiazole rings is 1. The zero-order chi connectivity index (χ0) is 30.6. The number of nitrogens with zero attached hydrogens (tertiary/aromatic N) is 4. The van der Waals surface area contributed by atoms with E-state index in [0.29, 0.717) is 32.4 Å². The lowest BCUT2D eigenvalue weighted by Gasteiger charge is -2.11. The predicted octanol–water partition coefficient (Wildman–Crippen LogP) is 3.66. The number of anilines is 2. The Labute approximate surface area is 237 Å². The number of carbonyl (C=O) groups is 3. The van der Waals surface area contributed by atoms with Crippen molar-refractivity contribution in [3.63, 3.8) is 0 Å². The zero-order valence-electron chi connectivity index (χ0n) is 23.2. The number of carbonyl (C=O) groups excluding carboxylic acids is 3. The maximum atomic E-state index is 13.0. The molecule has 0 aliphatic rings. The van der Waals surface area contributed by atoms with Gasteiger partial charge >= 0.3 is 12.1 Å². The fraction of sp³-hybridized carbons (Fsp3) is 0.346. The van der Waals surface area contributed by atoms with Gasteiger partial charge in [0, 0.05) is 26.7 Å². The van der Waals surface area contributed by atoms with Crippen molar-refractivity contribution < 1.29 is 32.3 Å². The number of esters is 1. The third-order valence-electron chi connectivity index (χ3n) is 5.81. The van der Waals surface area contributed by atoms with Crippen LogP contribution in [-0.4, -0.2) is 70.5 Å². The molecule has 4 N–H and O–H groups in total. The van der Waals surface area contributed by atoms with E-state index in [0.717, 1.165) is 29.0 Å².